The number of quaternary nitrogens is 1. The molecule has 0 amide bonds. The maximum atomic E-state index is 11.0. The number of aromatic nitrogens is 2. The van der Waals surface area contributed by atoms with Gasteiger partial charge in [0.15, 0.2) is 4.77 Å². The van der Waals surface area contributed by atoms with Gasteiger partial charge in [-0.15, -0.1) is 0 Å². The normalized spacial score (nSPS) is 12.2. The Balaban J connectivity index is 0. The van der Waals surface area contributed by atoms with Gasteiger partial charge in [0.2, 0.25) is 0 Å². The third-order valence-electron chi connectivity index (χ3n) is 2.27. The van der Waals surface area contributed by atoms with Gasteiger partial charge >= 0.3 is 0 Å². The third kappa shape index (κ3) is 5.09. The number of aromatic amines is 2. The van der Waals surface area contributed by atoms with E-state index in [1.165, 1.54) is 0 Å². The SMILES string of the molecule is C[N+](C)(C)[C@@H](Cc1c[nH]c(=S)[nH]1)C(=O)[O-].O.O. The highest BCUT2D eigenvalue weighted by Gasteiger charge is 2.25. The Morgan fingerprint density at radius 3 is 2.29 bits per heavy atom. The van der Waals surface area contributed by atoms with Crippen LogP contribution in [0.25, 0.3) is 0 Å². The monoisotopic (exact) mass is 265 g/mol. The van der Waals surface area contributed by atoms with Crippen molar-refractivity contribution >= 4 is 18.2 Å². The molecule has 0 bridgehead atoms. The van der Waals surface area contributed by atoms with Gasteiger partial charge in [-0.05, 0) is 12.2 Å². The van der Waals surface area contributed by atoms with E-state index in [9.17, 15) is 9.90 Å². The molecule has 0 aliphatic heterocycles. The van der Waals surface area contributed by atoms with Gasteiger partial charge in [-0.25, -0.2) is 0 Å². The number of aliphatic carboxylic acids is 1. The standard InChI is InChI=1S/C9H15N3O2S.2H2O/c1-12(2,3)7(8(13)14)4-6-5-10-9(15)11-6;;/h5,7H,4H2,1-3H3,(H2-,10,11,13,14,15);2*1H2/t7-;;/m0../s1. The minimum atomic E-state index is -1.05. The van der Waals surface area contributed by atoms with Gasteiger partial charge in [-0.3, -0.25) is 0 Å². The molecule has 0 aliphatic carbocycles. The Bertz CT molecular complexity index is 407. The number of carbonyl (C=O) groups excluding carboxylic acids is 1. The lowest BCUT2D eigenvalue weighted by Crippen LogP contribution is -2.55. The Kier molecular flexibility index (Phi) is 6.94. The topological polar surface area (TPSA) is 135 Å². The zero-order chi connectivity index (χ0) is 11.6. The van der Waals surface area contributed by atoms with E-state index in [4.69, 9.17) is 12.2 Å². The van der Waals surface area contributed by atoms with Crippen molar-refractivity contribution in [1.29, 1.82) is 0 Å². The summed E-state index contributed by atoms with van der Waals surface area (Å²) < 4.78 is 0.817. The van der Waals surface area contributed by atoms with Crippen LogP contribution in [0, 0.1) is 4.77 Å². The number of likely N-dealkylation sites (N-methyl/N-ethyl adjacent to an activating group) is 1. The third-order valence-corrected chi connectivity index (χ3v) is 2.49. The molecule has 0 spiro atoms. The van der Waals surface area contributed by atoms with Crippen molar-refractivity contribution in [1.82, 2.24) is 9.97 Å². The lowest BCUT2D eigenvalue weighted by atomic mass is 10.1. The summed E-state index contributed by atoms with van der Waals surface area (Å²) >= 11 is 4.87. The van der Waals surface area contributed by atoms with Crippen LogP contribution in [0.15, 0.2) is 6.20 Å². The largest absolute Gasteiger partial charge is 0.544 e. The number of hydrogen-bond donors (Lipinski definition) is 2. The van der Waals surface area contributed by atoms with Gasteiger partial charge in [-0.2, -0.15) is 0 Å². The van der Waals surface area contributed by atoms with Crippen LogP contribution in [-0.2, 0) is 11.2 Å². The number of nitrogens with zero attached hydrogens (tertiary/aromatic N) is 1. The van der Waals surface area contributed by atoms with Crippen LogP contribution in [0.2, 0.25) is 0 Å². The zero-order valence-electron chi connectivity index (χ0n) is 10.0. The Hall–Kier alpha value is -1.22. The van der Waals surface area contributed by atoms with Crippen molar-refractivity contribution < 1.29 is 25.3 Å². The van der Waals surface area contributed by atoms with E-state index in [0.717, 1.165) is 5.69 Å². The summed E-state index contributed by atoms with van der Waals surface area (Å²) in [7, 11) is 5.46. The smallest absolute Gasteiger partial charge is 0.174 e. The van der Waals surface area contributed by atoms with E-state index >= 15 is 0 Å². The fourth-order valence-corrected chi connectivity index (χ4v) is 1.55. The minimum Gasteiger partial charge on any atom is -0.544 e. The van der Waals surface area contributed by atoms with E-state index in [0.29, 0.717) is 15.7 Å². The average Bonchev–Trinajstić information content (AvgIpc) is 2.44. The fraction of sp³-hybridized carbons (Fsp3) is 0.556. The van der Waals surface area contributed by atoms with Crippen LogP contribution in [0.4, 0.5) is 0 Å². The maximum Gasteiger partial charge on any atom is 0.174 e. The summed E-state index contributed by atoms with van der Waals surface area (Å²) in [6, 6.07) is -0.591. The van der Waals surface area contributed by atoms with Crippen LogP contribution >= 0.6 is 12.2 Å². The molecule has 0 fully saturated rings. The highest BCUT2D eigenvalue weighted by atomic mass is 32.1. The lowest BCUT2D eigenvalue weighted by molar-refractivity contribution is -0.889. The molecule has 1 heterocycles. The number of carboxylic acid groups (broad SMARTS) is 1. The number of hydrogen-bond acceptors (Lipinski definition) is 3. The molecule has 1 atom stereocenters. The molecular formula is C9H19N3O4S. The molecule has 17 heavy (non-hydrogen) atoms. The molecule has 7 nitrogen and oxygen atoms in total. The summed E-state index contributed by atoms with van der Waals surface area (Å²) in [5.74, 6) is -1.05. The number of carbonyl (C=O) groups is 1. The van der Waals surface area contributed by atoms with Crippen LogP contribution in [0.5, 0.6) is 0 Å². The van der Waals surface area contributed by atoms with Crippen LogP contribution in [0.3, 0.4) is 0 Å². The molecule has 6 N–H and O–H groups in total. The number of rotatable bonds is 4. The van der Waals surface area contributed by atoms with E-state index < -0.39 is 12.0 Å². The first-order valence-electron chi connectivity index (χ1n) is 4.59. The molecule has 0 saturated carbocycles. The zero-order valence-corrected chi connectivity index (χ0v) is 10.9. The average molecular weight is 265 g/mol. The van der Waals surface area contributed by atoms with Crippen molar-refractivity contribution in [2.45, 2.75) is 12.5 Å². The van der Waals surface area contributed by atoms with E-state index in [-0.39, 0.29) is 11.0 Å². The highest BCUT2D eigenvalue weighted by Crippen LogP contribution is 2.08. The first-order chi connectivity index (χ1) is 6.80. The Morgan fingerprint density at radius 1 is 1.47 bits per heavy atom. The molecule has 0 saturated heterocycles. The minimum absolute atomic E-state index is 0. The second-order valence-corrected chi connectivity index (χ2v) is 4.83. The molecule has 1 rings (SSSR count). The number of carboxylic acids is 1. The first kappa shape index (κ1) is 18.2. The fourth-order valence-electron chi connectivity index (χ4n) is 1.36. The number of nitrogens with one attached hydrogen (secondary N) is 2. The second kappa shape index (κ2) is 6.50. The quantitative estimate of drug-likeness (QED) is 0.472. The van der Waals surface area contributed by atoms with Crippen LogP contribution in [0.1, 0.15) is 5.69 Å². The van der Waals surface area contributed by atoms with Crippen molar-refractivity contribution in [2.75, 3.05) is 21.1 Å². The number of imidazole rings is 1. The second-order valence-electron chi connectivity index (χ2n) is 4.42. The van der Waals surface area contributed by atoms with Crippen molar-refractivity contribution in [3.8, 4) is 0 Å². The van der Waals surface area contributed by atoms with Gasteiger partial charge in [0.1, 0.15) is 6.04 Å². The molecule has 0 aromatic carbocycles. The van der Waals surface area contributed by atoms with E-state index in [1.807, 2.05) is 21.1 Å². The Morgan fingerprint density at radius 2 is 2.00 bits per heavy atom. The van der Waals surface area contributed by atoms with Crippen LogP contribution in [-0.4, -0.2) is 58.6 Å². The summed E-state index contributed by atoms with van der Waals surface area (Å²) in [5, 5.41) is 11.0. The predicted molar refractivity (Wildman–Crippen MR) is 63.7 cm³/mol. The van der Waals surface area contributed by atoms with Gasteiger partial charge < -0.3 is 35.3 Å². The molecule has 0 unspecified atom stereocenters. The molecule has 8 heteroatoms. The summed E-state index contributed by atoms with van der Waals surface area (Å²) in [4.78, 5) is 16.7. The molecule has 100 valence electrons. The van der Waals surface area contributed by atoms with Crippen LogP contribution < -0.4 is 5.11 Å². The lowest BCUT2D eigenvalue weighted by Gasteiger charge is -2.34. The van der Waals surface area contributed by atoms with E-state index in [2.05, 4.69) is 9.97 Å². The first-order valence-corrected chi connectivity index (χ1v) is 5.00. The number of H-pyrrole nitrogens is 2. The van der Waals surface area contributed by atoms with Gasteiger partial charge in [0.25, 0.3) is 0 Å². The molecule has 0 radical (unpaired) electrons. The van der Waals surface area contributed by atoms with Crippen molar-refractivity contribution in [3.63, 3.8) is 0 Å². The molecule has 0 aliphatic rings. The summed E-state index contributed by atoms with van der Waals surface area (Å²) in [6.07, 6.45) is 2.06. The van der Waals surface area contributed by atoms with Gasteiger partial charge in [-0.1, -0.05) is 0 Å². The van der Waals surface area contributed by atoms with Crippen molar-refractivity contribution in [3.05, 3.63) is 16.7 Å². The molecule has 1 aromatic rings. The molecular weight excluding hydrogens is 246 g/mol. The summed E-state index contributed by atoms with van der Waals surface area (Å²) in [6.45, 7) is 0. The maximum absolute atomic E-state index is 11.0. The highest BCUT2D eigenvalue weighted by molar-refractivity contribution is 7.71. The van der Waals surface area contributed by atoms with Gasteiger partial charge in [0, 0.05) is 18.3 Å². The predicted octanol–water partition coefficient (Wildman–Crippen LogP) is -2.21. The molecule has 1 aromatic heterocycles. The summed E-state index contributed by atoms with van der Waals surface area (Å²) in [5.41, 5.74) is 0.780. The van der Waals surface area contributed by atoms with Gasteiger partial charge in [0.05, 0.1) is 27.1 Å². The Labute approximate surface area is 104 Å². The van der Waals surface area contributed by atoms with E-state index in [1.54, 1.807) is 6.20 Å². The van der Waals surface area contributed by atoms with Crippen molar-refractivity contribution in [2.24, 2.45) is 0 Å².